The van der Waals surface area contributed by atoms with Crippen molar-refractivity contribution in [3.8, 4) is 11.5 Å². The number of ether oxygens (including phenoxy) is 3. The minimum absolute atomic E-state index is 0.150. The van der Waals surface area contributed by atoms with Crippen LogP contribution in [0.4, 0.5) is 0 Å². The second kappa shape index (κ2) is 9.49. The summed E-state index contributed by atoms with van der Waals surface area (Å²) >= 11 is 0. The molecule has 31 heavy (non-hydrogen) atoms. The fraction of sp³-hybridized carbons (Fsp3) is 0.280. The Morgan fingerprint density at radius 3 is 2.52 bits per heavy atom. The first kappa shape index (κ1) is 21.3. The quantitative estimate of drug-likeness (QED) is 0.529. The lowest BCUT2D eigenvalue weighted by atomic mass is 10.0. The molecule has 3 N–H and O–H groups in total. The molecule has 0 aromatic heterocycles. The van der Waals surface area contributed by atoms with Gasteiger partial charge in [0, 0.05) is 17.4 Å². The molecule has 4 rings (SSSR count). The summed E-state index contributed by atoms with van der Waals surface area (Å²) in [7, 11) is 1.63. The predicted octanol–water partition coefficient (Wildman–Crippen LogP) is 3.23. The van der Waals surface area contributed by atoms with Crippen molar-refractivity contribution in [1.29, 1.82) is 0 Å². The first-order valence-corrected chi connectivity index (χ1v) is 10.2. The van der Waals surface area contributed by atoms with Crippen molar-refractivity contribution in [3.63, 3.8) is 0 Å². The van der Waals surface area contributed by atoms with Gasteiger partial charge < -0.3 is 29.5 Å². The molecule has 0 spiro atoms. The van der Waals surface area contributed by atoms with Crippen molar-refractivity contribution < 1.29 is 29.5 Å². The van der Waals surface area contributed by atoms with Crippen LogP contribution in [-0.2, 0) is 4.74 Å². The number of aliphatic hydroxyl groups excluding tert-OH is 3. The standard InChI is InChI=1S/C25H26O6/c1-29-19-12-7-16(8-13-19)6-9-18-11-10-17-4-2-3-5-21(17)24(18)31-25-23(28)22(27)14-20(15-26)30-25/h2-13,20,22-23,25-28H,14-15H2,1H3/b9-6+/t20-,22-,23+,25-/m0/s1. The van der Waals surface area contributed by atoms with Crippen LogP contribution >= 0.6 is 0 Å². The highest BCUT2D eigenvalue weighted by atomic mass is 16.7. The van der Waals surface area contributed by atoms with Gasteiger partial charge in [-0.2, -0.15) is 0 Å². The first-order valence-electron chi connectivity index (χ1n) is 10.2. The Hall–Kier alpha value is -2.90. The third-order valence-corrected chi connectivity index (χ3v) is 5.42. The average Bonchev–Trinajstić information content (AvgIpc) is 2.81. The molecular formula is C25H26O6. The van der Waals surface area contributed by atoms with Gasteiger partial charge in [0.15, 0.2) is 0 Å². The Balaban J connectivity index is 1.69. The number of benzene rings is 3. The minimum atomic E-state index is -1.22. The van der Waals surface area contributed by atoms with Gasteiger partial charge in [-0.1, -0.05) is 60.7 Å². The summed E-state index contributed by atoms with van der Waals surface area (Å²) in [5.41, 5.74) is 1.79. The van der Waals surface area contributed by atoms with Crippen molar-refractivity contribution in [2.45, 2.75) is 31.0 Å². The van der Waals surface area contributed by atoms with Crippen LogP contribution in [0.25, 0.3) is 22.9 Å². The maximum absolute atomic E-state index is 10.4. The van der Waals surface area contributed by atoms with E-state index in [0.717, 1.165) is 27.6 Å². The van der Waals surface area contributed by atoms with E-state index in [1.807, 2.05) is 72.8 Å². The summed E-state index contributed by atoms with van der Waals surface area (Å²) in [6.45, 7) is -0.261. The molecule has 0 bridgehead atoms. The first-order chi connectivity index (χ1) is 15.1. The summed E-state index contributed by atoms with van der Waals surface area (Å²) in [6, 6.07) is 19.4. The molecular weight excluding hydrogens is 396 g/mol. The van der Waals surface area contributed by atoms with Crippen LogP contribution in [0.15, 0.2) is 60.7 Å². The van der Waals surface area contributed by atoms with Crippen LogP contribution in [0, 0.1) is 0 Å². The summed E-state index contributed by atoms with van der Waals surface area (Å²) in [5, 5.41) is 31.9. The summed E-state index contributed by atoms with van der Waals surface area (Å²) in [6.07, 6.45) is 0.0801. The normalized spacial score (nSPS) is 23.9. The fourth-order valence-corrected chi connectivity index (χ4v) is 3.67. The van der Waals surface area contributed by atoms with Crippen LogP contribution in [0.2, 0.25) is 0 Å². The lowest BCUT2D eigenvalue weighted by Crippen LogP contribution is -2.51. The average molecular weight is 422 g/mol. The van der Waals surface area contributed by atoms with Crippen LogP contribution < -0.4 is 9.47 Å². The van der Waals surface area contributed by atoms with Crippen molar-refractivity contribution in [1.82, 2.24) is 0 Å². The Morgan fingerprint density at radius 1 is 1.00 bits per heavy atom. The van der Waals surface area contributed by atoms with Gasteiger partial charge in [0.2, 0.25) is 6.29 Å². The van der Waals surface area contributed by atoms with Gasteiger partial charge in [0.05, 0.1) is 25.9 Å². The van der Waals surface area contributed by atoms with E-state index in [1.165, 1.54) is 0 Å². The highest BCUT2D eigenvalue weighted by molar-refractivity contribution is 5.93. The molecule has 0 unspecified atom stereocenters. The lowest BCUT2D eigenvalue weighted by molar-refractivity contribution is -0.240. The number of hydrogen-bond acceptors (Lipinski definition) is 6. The van der Waals surface area contributed by atoms with Gasteiger partial charge in [-0.15, -0.1) is 0 Å². The highest BCUT2D eigenvalue weighted by Crippen LogP contribution is 2.34. The Morgan fingerprint density at radius 2 is 1.77 bits per heavy atom. The summed E-state index contributed by atoms with van der Waals surface area (Å²) < 4.78 is 17.0. The number of fused-ring (bicyclic) bond motifs is 1. The number of hydrogen-bond donors (Lipinski definition) is 3. The molecule has 4 atom stereocenters. The van der Waals surface area contributed by atoms with E-state index in [4.69, 9.17) is 14.2 Å². The maximum Gasteiger partial charge on any atom is 0.229 e. The zero-order valence-electron chi connectivity index (χ0n) is 17.2. The van der Waals surface area contributed by atoms with E-state index >= 15 is 0 Å². The van der Waals surface area contributed by atoms with Gasteiger partial charge in [-0.25, -0.2) is 0 Å². The molecule has 6 heteroatoms. The summed E-state index contributed by atoms with van der Waals surface area (Å²) in [4.78, 5) is 0. The molecule has 1 heterocycles. The largest absolute Gasteiger partial charge is 0.497 e. The topological polar surface area (TPSA) is 88.4 Å². The third-order valence-electron chi connectivity index (χ3n) is 5.42. The van der Waals surface area contributed by atoms with E-state index < -0.39 is 24.6 Å². The zero-order valence-corrected chi connectivity index (χ0v) is 17.2. The van der Waals surface area contributed by atoms with Crippen molar-refractivity contribution in [2.24, 2.45) is 0 Å². The highest BCUT2D eigenvalue weighted by Gasteiger charge is 2.38. The number of rotatable bonds is 6. The van der Waals surface area contributed by atoms with Gasteiger partial charge in [-0.05, 0) is 23.1 Å². The van der Waals surface area contributed by atoms with Crippen LogP contribution in [0.5, 0.6) is 11.5 Å². The van der Waals surface area contributed by atoms with E-state index in [9.17, 15) is 15.3 Å². The van der Waals surface area contributed by atoms with Gasteiger partial charge in [0.25, 0.3) is 0 Å². The van der Waals surface area contributed by atoms with Crippen molar-refractivity contribution >= 4 is 22.9 Å². The molecule has 3 aromatic carbocycles. The lowest BCUT2D eigenvalue weighted by Gasteiger charge is -2.36. The van der Waals surface area contributed by atoms with Gasteiger partial charge in [0.1, 0.15) is 17.6 Å². The van der Waals surface area contributed by atoms with Crippen molar-refractivity contribution in [2.75, 3.05) is 13.7 Å². The third kappa shape index (κ3) is 4.73. The number of aliphatic hydroxyl groups is 3. The predicted molar refractivity (Wildman–Crippen MR) is 119 cm³/mol. The molecule has 0 saturated carbocycles. The number of methoxy groups -OCH3 is 1. The molecule has 1 aliphatic heterocycles. The minimum Gasteiger partial charge on any atom is -0.497 e. The Bertz CT molecular complexity index is 1050. The van der Waals surface area contributed by atoms with Gasteiger partial charge in [-0.3, -0.25) is 0 Å². The molecule has 6 nitrogen and oxygen atoms in total. The Labute approximate surface area is 180 Å². The maximum atomic E-state index is 10.4. The molecule has 1 fully saturated rings. The van der Waals surface area contributed by atoms with E-state index in [2.05, 4.69) is 0 Å². The van der Waals surface area contributed by atoms with Gasteiger partial charge >= 0.3 is 0 Å². The van der Waals surface area contributed by atoms with E-state index in [-0.39, 0.29) is 13.0 Å². The SMILES string of the molecule is COc1ccc(/C=C/c2ccc3ccccc3c2O[C@@H]2O[C@H](CO)C[C@H](O)[C@H]2O)cc1. The monoisotopic (exact) mass is 422 g/mol. The molecule has 3 aromatic rings. The molecule has 0 aliphatic carbocycles. The second-order valence-electron chi connectivity index (χ2n) is 7.53. The fourth-order valence-electron chi connectivity index (χ4n) is 3.67. The van der Waals surface area contributed by atoms with E-state index in [0.29, 0.717) is 5.75 Å². The second-order valence-corrected chi connectivity index (χ2v) is 7.53. The molecule has 162 valence electrons. The Kier molecular flexibility index (Phi) is 6.53. The smallest absolute Gasteiger partial charge is 0.229 e. The van der Waals surface area contributed by atoms with Crippen LogP contribution in [0.1, 0.15) is 17.5 Å². The molecule has 0 radical (unpaired) electrons. The molecule has 0 amide bonds. The molecule has 1 saturated heterocycles. The summed E-state index contributed by atoms with van der Waals surface area (Å²) in [5.74, 6) is 1.32. The molecule has 1 aliphatic rings. The van der Waals surface area contributed by atoms with Crippen molar-refractivity contribution in [3.05, 3.63) is 71.8 Å². The van der Waals surface area contributed by atoms with Crippen LogP contribution in [-0.4, -0.2) is 53.6 Å². The zero-order chi connectivity index (χ0) is 21.8. The van der Waals surface area contributed by atoms with E-state index in [1.54, 1.807) is 7.11 Å². The van der Waals surface area contributed by atoms with Crippen LogP contribution in [0.3, 0.4) is 0 Å².